The minimum absolute atomic E-state index is 0.103. The zero-order valence-corrected chi connectivity index (χ0v) is 12.7. The van der Waals surface area contributed by atoms with E-state index in [0.29, 0.717) is 12.3 Å². The number of carbonyl (C=O) groups is 1. The highest BCUT2D eigenvalue weighted by molar-refractivity contribution is 6.44. The Labute approximate surface area is 123 Å². The first-order chi connectivity index (χ1) is 8.86. The minimum atomic E-state index is -0.310. The van der Waals surface area contributed by atoms with Crippen LogP contribution in [0.15, 0.2) is 12.1 Å². The Kier molecular flexibility index (Phi) is 5.91. The van der Waals surface area contributed by atoms with Crippen molar-refractivity contribution in [2.24, 2.45) is 5.92 Å². The lowest BCUT2D eigenvalue weighted by Crippen LogP contribution is -2.41. The summed E-state index contributed by atoms with van der Waals surface area (Å²) >= 11 is 11.9. The topological polar surface area (TPSA) is 64.3 Å². The van der Waals surface area contributed by atoms with Crippen molar-refractivity contribution in [1.82, 2.24) is 5.32 Å². The van der Waals surface area contributed by atoms with Crippen LogP contribution in [-0.2, 0) is 4.74 Å². The van der Waals surface area contributed by atoms with Gasteiger partial charge in [0.2, 0.25) is 0 Å². The highest BCUT2D eigenvalue weighted by Crippen LogP contribution is 2.28. The van der Waals surface area contributed by atoms with E-state index in [0.717, 1.165) is 0 Å². The molecule has 0 aliphatic heterocycles. The van der Waals surface area contributed by atoms with Crippen LogP contribution in [0.4, 0.5) is 5.69 Å². The van der Waals surface area contributed by atoms with Gasteiger partial charge in [-0.1, -0.05) is 37.0 Å². The SMILES string of the molecule is COCC(NC(=O)c1cc(N)cc(Cl)c1Cl)C(C)C. The largest absolute Gasteiger partial charge is 0.399 e. The Hall–Kier alpha value is -0.970. The number of halogens is 2. The number of amides is 1. The highest BCUT2D eigenvalue weighted by Gasteiger charge is 2.20. The summed E-state index contributed by atoms with van der Waals surface area (Å²) < 4.78 is 5.08. The molecule has 1 aromatic carbocycles. The van der Waals surface area contributed by atoms with Gasteiger partial charge in [-0.15, -0.1) is 0 Å². The van der Waals surface area contributed by atoms with E-state index in [4.69, 9.17) is 33.7 Å². The van der Waals surface area contributed by atoms with Crippen molar-refractivity contribution in [2.75, 3.05) is 19.5 Å². The molecule has 0 aromatic heterocycles. The number of nitrogen functional groups attached to an aromatic ring is 1. The lowest BCUT2D eigenvalue weighted by Gasteiger charge is -2.22. The van der Waals surface area contributed by atoms with Crippen molar-refractivity contribution in [3.63, 3.8) is 0 Å². The lowest BCUT2D eigenvalue weighted by atomic mass is 10.0. The standard InChI is InChI=1S/C13H18Cl2N2O2/c1-7(2)11(6-19-3)17-13(18)9-4-8(16)5-10(14)12(9)15/h4-5,7,11H,6,16H2,1-3H3,(H,17,18). The fourth-order valence-electron chi connectivity index (χ4n) is 1.60. The van der Waals surface area contributed by atoms with Gasteiger partial charge in [0.05, 0.1) is 28.3 Å². The van der Waals surface area contributed by atoms with Crippen LogP contribution < -0.4 is 11.1 Å². The molecule has 0 saturated heterocycles. The Morgan fingerprint density at radius 1 is 1.42 bits per heavy atom. The van der Waals surface area contributed by atoms with E-state index in [9.17, 15) is 4.79 Å². The van der Waals surface area contributed by atoms with Gasteiger partial charge in [-0.25, -0.2) is 0 Å². The summed E-state index contributed by atoms with van der Waals surface area (Å²) in [5.41, 5.74) is 6.34. The number of ether oxygens (including phenoxy) is 1. The Balaban J connectivity index is 2.94. The van der Waals surface area contributed by atoms with Gasteiger partial charge in [0, 0.05) is 12.8 Å². The minimum Gasteiger partial charge on any atom is -0.399 e. The molecule has 1 unspecified atom stereocenters. The van der Waals surface area contributed by atoms with Gasteiger partial charge in [0.1, 0.15) is 0 Å². The van der Waals surface area contributed by atoms with Crippen LogP contribution >= 0.6 is 23.2 Å². The second-order valence-corrected chi connectivity index (χ2v) is 5.43. The summed E-state index contributed by atoms with van der Waals surface area (Å²) in [5, 5.41) is 3.33. The summed E-state index contributed by atoms with van der Waals surface area (Å²) in [6, 6.07) is 2.91. The van der Waals surface area contributed by atoms with Crippen molar-refractivity contribution < 1.29 is 9.53 Å². The number of nitrogens with one attached hydrogen (secondary N) is 1. The Morgan fingerprint density at radius 3 is 2.58 bits per heavy atom. The molecule has 19 heavy (non-hydrogen) atoms. The van der Waals surface area contributed by atoms with Gasteiger partial charge in [-0.05, 0) is 18.1 Å². The fraction of sp³-hybridized carbons (Fsp3) is 0.462. The molecule has 0 aliphatic carbocycles. The molecule has 4 nitrogen and oxygen atoms in total. The number of hydrogen-bond donors (Lipinski definition) is 2. The predicted molar refractivity (Wildman–Crippen MR) is 78.8 cm³/mol. The summed E-state index contributed by atoms with van der Waals surface area (Å²) in [4.78, 5) is 12.2. The molecule has 0 radical (unpaired) electrons. The van der Waals surface area contributed by atoms with E-state index in [1.54, 1.807) is 7.11 Å². The van der Waals surface area contributed by atoms with Gasteiger partial charge in [-0.2, -0.15) is 0 Å². The van der Waals surface area contributed by atoms with Crippen LogP contribution in [0.2, 0.25) is 10.0 Å². The van der Waals surface area contributed by atoms with Crippen LogP contribution in [0, 0.1) is 5.92 Å². The molecule has 0 spiro atoms. The van der Waals surface area contributed by atoms with Gasteiger partial charge in [0.15, 0.2) is 0 Å². The number of benzene rings is 1. The van der Waals surface area contributed by atoms with Crippen LogP contribution in [0.3, 0.4) is 0 Å². The van der Waals surface area contributed by atoms with Crippen molar-refractivity contribution in [1.29, 1.82) is 0 Å². The Bertz CT molecular complexity index is 464. The van der Waals surface area contributed by atoms with Gasteiger partial charge in [0.25, 0.3) is 5.91 Å². The first-order valence-electron chi connectivity index (χ1n) is 5.91. The van der Waals surface area contributed by atoms with Crippen molar-refractivity contribution in [3.05, 3.63) is 27.7 Å². The van der Waals surface area contributed by atoms with Crippen LogP contribution in [0.5, 0.6) is 0 Å². The summed E-state index contributed by atoms with van der Waals surface area (Å²) in [7, 11) is 1.59. The molecule has 0 bridgehead atoms. The lowest BCUT2D eigenvalue weighted by molar-refractivity contribution is 0.0867. The third-order valence-corrected chi connectivity index (χ3v) is 3.56. The number of carbonyl (C=O) groups excluding carboxylic acids is 1. The zero-order valence-electron chi connectivity index (χ0n) is 11.2. The van der Waals surface area contributed by atoms with E-state index >= 15 is 0 Å². The van der Waals surface area contributed by atoms with Crippen molar-refractivity contribution >= 4 is 34.8 Å². The molecule has 1 rings (SSSR count). The average molecular weight is 305 g/mol. The number of rotatable bonds is 5. The summed E-state index contributed by atoms with van der Waals surface area (Å²) in [6.45, 7) is 4.42. The van der Waals surface area contributed by atoms with E-state index in [-0.39, 0.29) is 33.5 Å². The van der Waals surface area contributed by atoms with Crippen molar-refractivity contribution in [3.8, 4) is 0 Å². The molecule has 3 N–H and O–H groups in total. The number of hydrogen-bond acceptors (Lipinski definition) is 3. The summed E-state index contributed by atoms with van der Waals surface area (Å²) in [6.07, 6.45) is 0. The predicted octanol–water partition coefficient (Wildman–Crippen LogP) is 2.98. The molecule has 1 amide bonds. The van der Waals surface area contributed by atoms with E-state index in [2.05, 4.69) is 5.32 Å². The maximum absolute atomic E-state index is 12.2. The third kappa shape index (κ3) is 4.27. The normalized spacial score (nSPS) is 12.5. The van der Waals surface area contributed by atoms with Gasteiger partial charge in [-0.3, -0.25) is 4.79 Å². The van der Waals surface area contributed by atoms with Crippen LogP contribution in [0.25, 0.3) is 0 Å². The van der Waals surface area contributed by atoms with E-state index in [1.807, 2.05) is 13.8 Å². The first-order valence-corrected chi connectivity index (χ1v) is 6.66. The molecule has 0 fully saturated rings. The van der Waals surface area contributed by atoms with Crippen LogP contribution in [0.1, 0.15) is 24.2 Å². The Morgan fingerprint density at radius 2 is 2.05 bits per heavy atom. The zero-order chi connectivity index (χ0) is 14.6. The van der Waals surface area contributed by atoms with Gasteiger partial charge >= 0.3 is 0 Å². The average Bonchev–Trinajstić information content (AvgIpc) is 2.32. The molecule has 1 atom stereocenters. The van der Waals surface area contributed by atoms with Crippen LogP contribution in [-0.4, -0.2) is 25.7 Å². The molecule has 0 heterocycles. The number of nitrogens with two attached hydrogens (primary N) is 1. The van der Waals surface area contributed by atoms with E-state index < -0.39 is 0 Å². The molecule has 106 valence electrons. The smallest absolute Gasteiger partial charge is 0.253 e. The molecular weight excluding hydrogens is 287 g/mol. The summed E-state index contributed by atoms with van der Waals surface area (Å²) in [5.74, 6) is -0.0749. The van der Waals surface area contributed by atoms with Crippen molar-refractivity contribution in [2.45, 2.75) is 19.9 Å². The van der Waals surface area contributed by atoms with Gasteiger partial charge < -0.3 is 15.8 Å². The molecule has 6 heteroatoms. The first kappa shape index (κ1) is 16.1. The second-order valence-electron chi connectivity index (χ2n) is 4.64. The highest BCUT2D eigenvalue weighted by atomic mass is 35.5. The number of methoxy groups -OCH3 is 1. The third-order valence-electron chi connectivity index (χ3n) is 2.76. The molecule has 0 aliphatic rings. The van der Waals surface area contributed by atoms with E-state index in [1.165, 1.54) is 12.1 Å². The monoisotopic (exact) mass is 304 g/mol. The maximum Gasteiger partial charge on any atom is 0.253 e. The molecule has 0 saturated carbocycles. The fourth-order valence-corrected chi connectivity index (χ4v) is 2.02. The number of anilines is 1. The quantitative estimate of drug-likeness (QED) is 0.822. The maximum atomic E-state index is 12.2. The molecule has 1 aromatic rings. The second kappa shape index (κ2) is 6.98. The molecular formula is C13H18Cl2N2O2.